The Morgan fingerprint density at radius 1 is 1.22 bits per heavy atom. The molecule has 0 saturated heterocycles. The van der Waals surface area contributed by atoms with Gasteiger partial charge in [-0.05, 0) is 38.8 Å². The zero-order valence-electron chi connectivity index (χ0n) is 14.5. The molecular formula is C17H31IN4S. The van der Waals surface area contributed by atoms with E-state index >= 15 is 0 Å². The Kier molecular flexibility index (Phi) is 14.8. The molecule has 0 fully saturated rings. The smallest absolute Gasteiger partial charge is 0.191 e. The minimum Gasteiger partial charge on any atom is -0.357 e. The predicted molar refractivity (Wildman–Crippen MR) is 115 cm³/mol. The van der Waals surface area contributed by atoms with Crippen molar-refractivity contribution in [3.63, 3.8) is 0 Å². The van der Waals surface area contributed by atoms with Gasteiger partial charge >= 0.3 is 0 Å². The quantitative estimate of drug-likeness (QED) is 0.249. The highest BCUT2D eigenvalue weighted by Gasteiger charge is 2.00. The van der Waals surface area contributed by atoms with Gasteiger partial charge in [-0.2, -0.15) is 11.8 Å². The van der Waals surface area contributed by atoms with E-state index < -0.39 is 0 Å². The molecule has 0 unspecified atom stereocenters. The summed E-state index contributed by atoms with van der Waals surface area (Å²) in [5.74, 6) is 2.03. The highest BCUT2D eigenvalue weighted by molar-refractivity contribution is 14.0. The molecule has 0 spiro atoms. The van der Waals surface area contributed by atoms with Gasteiger partial charge in [0, 0.05) is 31.9 Å². The summed E-state index contributed by atoms with van der Waals surface area (Å²) >= 11 is 1.84. The fourth-order valence-electron chi connectivity index (χ4n) is 2.12. The van der Waals surface area contributed by atoms with Crippen LogP contribution in [0, 0.1) is 0 Å². The van der Waals surface area contributed by atoms with Crippen molar-refractivity contribution in [1.29, 1.82) is 0 Å². The molecule has 0 aliphatic rings. The van der Waals surface area contributed by atoms with Gasteiger partial charge < -0.3 is 15.5 Å². The van der Waals surface area contributed by atoms with Gasteiger partial charge in [0.2, 0.25) is 0 Å². The molecule has 6 heteroatoms. The minimum absolute atomic E-state index is 0. The molecule has 0 bridgehead atoms. The summed E-state index contributed by atoms with van der Waals surface area (Å²) in [6, 6.07) is 10.6. The topological polar surface area (TPSA) is 39.7 Å². The molecule has 1 aromatic rings. The lowest BCUT2D eigenvalue weighted by Crippen LogP contribution is -2.38. The van der Waals surface area contributed by atoms with Gasteiger partial charge in [0.25, 0.3) is 0 Å². The third kappa shape index (κ3) is 11.7. The minimum atomic E-state index is 0. The van der Waals surface area contributed by atoms with Crippen LogP contribution in [0.15, 0.2) is 35.3 Å². The molecule has 1 rings (SSSR count). The molecule has 1 aromatic carbocycles. The van der Waals surface area contributed by atoms with E-state index in [0.717, 1.165) is 50.9 Å². The Labute approximate surface area is 162 Å². The third-order valence-corrected chi connectivity index (χ3v) is 3.82. The Balaban J connectivity index is 0.00000484. The second-order valence-electron chi connectivity index (χ2n) is 5.26. The largest absolute Gasteiger partial charge is 0.357 e. The van der Waals surface area contributed by atoms with Crippen molar-refractivity contribution >= 4 is 41.7 Å². The number of nitrogens with one attached hydrogen (secondary N) is 2. The molecule has 0 radical (unpaired) electrons. The lowest BCUT2D eigenvalue weighted by atomic mass is 10.2. The summed E-state index contributed by atoms with van der Waals surface area (Å²) in [4.78, 5) is 6.97. The van der Waals surface area contributed by atoms with E-state index in [1.54, 1.807) is 0 Å². The number of thioether (sulfide) groups is 1. The van der Waals surface area contributed by atoms with Crippen LogP contribution in [-0.2, 0) is 6.54 Å². The van der Waals surface area contributed by atoms with E-state index in [1.165, 1.54) is 5.56 Å². The first-order valence-corrected chi connectivity index (χ1v) is 9.39. The summed E-state index contributed by atoms with van der Waals surface area (Å²) < 4.78 is 0. The van der Waals surface area contributed by atoms with Crippen molar-refractivity contribution in [2.75, 3.05) is 45.2 Å². The predicted octanol–water partition coefficient (Wildman–Crippen LogP) is 3.04. The van der Waals surface area contributed by atoms with Gasteiger partial charge in [-0.3, -0.25) is 4.99 Å². The molecule has 0 amide bonds. The monoisotopic (exact) mass is 450 g/mol. The first-order valence-electron chi connectivity index (χ1n) is 7.99. The van der Waals surface area contributed by atoms with Crippen LogP contribution in [0.1, 0.15) is 18.9 Å². The van der Waals surface area contributed by atoms with Crippen molar-refractivity contribution in [2.24, 2.45) is 4.99 Å². The first-order chi connectivity index (χ1) is 10.8. The molecule has 0 aliphatic heterocycles. The lowest BCUT2D eigenvalue weighted by Gasteiger charge is -2.16. The van der Waals surface area contributed by atoms with Crippen LogP contribution in [0.25, 0.3) is 0 Å². The van der Waals surface area contributed by atoms with E-state index in [-0.39, 0.29) is 24.0 Å². The lowest BCUT2D eigenvalue weighted by molar-refractivity contribution is 0.324. The molecule has 23 heavy (non-hydrogen) atoms. The number of halogens is 1. The summed E-state index contributed by atoms with van der Waals surface area (Å²) in [7, 11) is 2.17. The van der Waals surface area contributed by atoms with E-state index in [1.807, 2.05) is 11.8 Å². The van der Waals surface area contributed by atoms with Crippen molar-refractivity contribution in [2.45, 2.75) is 19.9 Å². The van der Waals surface area contributed by atoms with Gasteiger partial charge in [-0.15, -0.1) is 24.0 Å². The highest BCUT2D eigenvalue weighted by Crippen LogP contribution is 2.02. The number of benzene rings is 1. The van der Waals surface area contributed by atoms with Gasteiger partial charge in [0.05, 0.1) is 0 Å². The van der Waals surface area contributed by atoms with Crippen LogP contribution in [0.3, 0.4) is 0 Å². The summed E-state index contributed by atoms with van der Waals surface area (Å²) in [5.41, 5.74) is 1.36. The zero-order valence-corrected chi connectivity index (χ0v) is 17.7. The van der Waals surface area contributed by atoms with Crippen molar-refractivity contribution in [3.05, 3.63) is 35.9 Å². The Hall–Kier alpha value is -0.470. The molecule has 0 aromatic heterocycles. The average Bonchev–Trinajstić information content (AvgIpc) is 2.52. The fraction of sp³-hybridized carbons (Fsp3) is 0.588. The number of rotatable bonds is 10. The van der Waals surface area contributed by atoms with Crippen LogP contribution in [0.2, 0.25) is 0 Å². The molecule has 0 aliphatic carbocycles. The maximum Gasteiger partial charge on any atom is 0.191 e. The molecule has 2 N–H and O–H groups in total. The maximum absolute atomic E-state index is 4.62. The number of guanidine groups is 1. The molecule has 0 heterocycles. The highest BCUT2D eigenvalue weighted by atomic mass is 127. The summed E-state index contributed by atoms with van der Waals surface area (Å²) in [6.07, 6.45) is 3.19. The normalized spacial score (nSPS) is 11.2. The molecule has 132 valence electrons. The van der Waals surface area contributed by atoms with Crippen molar-refractivity contribution < 1.29 is 0 Å². The standard InChI is InChI=1S/C17H30N4S.HI/c1-4-18-17(20-12-14-22-3)19-11-8-13-21(2)15-16-9-6-5-7-10-16;/h5-7,9-10H,4,8,11-15H2,1-3H3,(H2,18,19,20);1H. The number of hydrogen-bond donors (Lipinski definition) is 2. The van der Waals surface area contributed by atoms with Crippen LogP contribution in [0.5, 0.6) is 0 Å². The molecule has 4 nitrogen and oxygen atoms in total. The van der Waals surface area contributed by atoms with E-state index in [2.05, 4.69) is 71.1 Å². The van der Waals surface area contributed by atoms with E-state index in [0.29, 0.717) is 0 Å². The molecule has 0 saturated carbocycles. The van der Waals surface area contributed by atoms with Gasteiger partial charge in [-0.25, -0.2) is 0 Å². The zero-order chi connectivity index (χ0) is 16.0. The van der Waals surface area contributed by atoms with Crippen LogP contribution in [0.4, 0.5) is 0 Å². The molecular weight excluding hydrogens is 419 g/mol. The van der Waals surface area contributed by atoms with Gasteiger partial charge in [0.15, 0.2) is 5.96 Å². The fourth-order valence-corrected chi connectivity index (χ4v) is 2.43. The number of aliphatic imine (C=N–C) groups is 1. The first kappa shape index (κ1) is 22.5. The van der Waals surface area contributed by atoms with Crippen molar-refractivity contribution in [1.82, 2.24) is 15.5 Å². The average molecular weight is 450 g/mol. The Bertz CT molecular complexity index is 414. The van der Waals surface area contributed by atoms with Crippen LogP contribution < -0.4 is 10.6 Å². The summed E-state index contributed by atoms with van der Waals surface area (Å²) in [5, 5.41) is 6.64. The van der Waals surface area contributed by atoms with Gasteiger partial charge in [-0.1, -0.05) is 30.3 Å². The van der Waals surface area contributed by atoms with Crippen molar-refractivity contribution in [3.8, 4) is 0 Å². The Morgan fingerprint density at radius 2 is 1.96 bits per heavy atom. The maximum atomic E-state index is 4.62. The Morgan fingerprint density at radius 3 is 2.61 bits per heavy atom. The third-order valence-electron chi connectivity index (χ3n) is 3.21. The van der Waals surface area contributed by atoms with Gasteiger partial charge in [0.1, 0.15) is 0 Å². The molecule has 0 atom stereocenters. The number of nitrogens with zero attached hydrogens (tertiary/aromatic N) is 2. The summed E-state index contributed by atoms with van der Waals surface area (Å²) in [6.45, 7) is 6.87. The van der Waals surface area contributed by atoms with E-state index in [4.69, 9.17) is 0 Å². The van der Waals surface area contributed by atoms with Crippen LogP contribution in [-0.4, -0.2) is 56.1 Å². The SMILES string of the molecule is CCNC(=NCCCN(C)Cc1ccccc1)NCCSC.I. The van der Waals surface area contributed by atoms with Crippen LogP contribution >= 0.6 is 35.7 Å². The second-order valence-corrected chi connectivity index (χ2v) is 6.24. The van der Waals surface area contributed by atoms with E-state index in [9.17, 15) is 0 Å². The second kappa shape index (κ2) is 15.1. The number of hydrogen-bond acceptors (Lipinski definition) is 3.